The van der Waals surface area contributed by atoms with Crippen molar-refractivity contribution in [2.45, 2.75) is 6.42 Å². The number of phenolic OH excluding ortho intramolecular Hbond substituents is 1. The van der Waals surface area contributed by atoms with E-state index in [1.165, 1.54) is 24.0 Å². The van der Waals surface area contributed by atoms with Gasteiger partial charge >= 0.3 is 78.2 Å². The van der Waals surface area contributed by atoms with Gasteiger partial charge in [-0.1, -0.05) is 0 Å². The van der Waals surface area contributed by atoms with Crippen molar-refractivity contribution >= 4 is 19.6 Å². The fraction of sp³-hybridized carbons (Fsp3) is 0.333. The van der Waals surface area contributed by atoms with Crippen LogP contribution in [0.2, 0.25) is 0 Å². The molecule has 2 rings (SSSR count). The molecule has 1 heterocycles. The molecule has 1 fully saturated rings. The zero-order valence-electron chi connectivity index (χ0n) is 6.73. The normalized spacial score (nSPS) is 17.3. The average molecular weight is 228 g/mol. The molecular weight excluding hydrogens is 217 g/mol. The number of rotatable bonds is 2. The molecule has 1 aromatic carbocycles. The van der Waals surface area contributed by atoms with Crippen LogP contribution in [-0.2, 0) is 0 Å². The second kappa shape index (κ2) is 3.48. The van der Waals surface area contributed by atoms with E-state index in [9.17, 15) is 0 Å². The van der Waals surface area contributed by atoms with Gasteiger partial charge in [0, 0.05) is 0 Å². The molecule has 0 bridgehead atoms. The van der Waals surface area contributed by atoms with E-state index in [2.05, 4.69) is 3.92 Å². The van der Waals surface area contributed by atoms with Crippen LogP contribution >= 0.6 is 0 Å². The Balaban J connectivity index is 1.98. The van der Waals surface area contributed by atoms with Crippen LogP contribution in [0.25, 0.3) is 0 Å². The van der Waals surface area contributed by atoms with Crippen molar-refractivity contribution in [3.05, 3.63) is 24.3 Å². The fourth-order valence-corrected chi connectivity index (χ4v) is 3.13. The van der Waals surface area contributed by atoms with Gasteiger partial charge in [0.25, 0.3) is 0 Å². The third kappa shape index (κ3) is 1.80. The van der Waals surface area contributed by atoms with Gasteiger partial charge in [-0.15, -0.1) is 0 Å². The molecule has 0 saturated carbocycles. The number of hydrogen-bond donors (Lipinski definition) is 1. The van der Waals surface area contributed by atoms with Crippen LogP contribution in [0.15, 0.2) is 24.3 Å². The second-order valence-corrected chi connectivity index (χ2v) is 5.32. The quantitative estimate of drug-likeness (QED) is 0.738. The summed E-state index contributed by atoms with van der Waals surface area (Å²) >= 11 is 0.478. The first kappa shape index (κ1) is 8.11. The van der Waals surface area contributed by atoms with Crippen molar-refractivity contribution in [1.29, 1.82) is 0 Å². The molecule has 0 radical (unpaired) electrons. The van der Waals surface area contributed by atoms with E-state index >= 15 is 0 Å². The van der Waals surface area contributed by atoms with Crippen LogP contribution in [0.1, 0.15) is 6.42 Å². The zero-order valence-corrected chi connectivity index (χ0v) is 8.45. The first-order valence-electron chi connectivity index (χ1n) is 4.06. The molecule has 1 saturated heterocycles. The molecule has 1 aliphatic rings. The summed E-state index contributed by atoms with van der Waals surface area (Å²) in [7, 11) is 0. The van der Waals surface area contributed by atoms with E-state index in [0.29, 0.717) is 20.9 Å². The summed E-state index contributed by atoms with van der Waals surface area (Å²) in [5.74, 6) is 0.359. The van der Waals surface area contributed by atoms with Crippen molar-refractivity contribution in [1.82, 2.24) is 3.92 Å². The van der Waals surface area contributed by atoms with Crippen LogP contribution in [0.5, 0.6) is 5.75 Å². The Morgan fingerprint density at radius 1 is 1.17 bits per heavy atom. The summed E-state index contributed by atoms with van der Waals surface area (Å²) in [5, 5.41) is 9.06. The molecule has 0 spiro atoms. The van der Waals surface area contributed by atoms with Gasteiger partial charge in [0.1, 0.15) is 0 Å². The fourth-order valence-electron chi connectivity index (χ4n) is 1.03. The Labute approximate surface area is 78.6 Å². The third-order valence-electron chi connectivity index (χ3n) is 1.89. The van der Waals surface area contributed by atoms with Crippen LogP contribution in [0, 0.1) is 0 Å². The molecule has 0 aliphatic carbocycles. The average Bonchev–Trinajstić information content (AvgIpc) is 2.00. The Hall–Kier alpha value is -0.501. The molecule has 64 valence electrons. The van der Waals surface area contributed by atoms with E-state index in [1.807, 2.05) is 12.1 Å². The maximum absolute atomic E-state index is 9.06. The van der Waals surface area contributed by atoms with Gasteiger partial charge in [-0.2, -0.15) is 0 Å². The van der Waals surface area contributed by atoms with E-state index in [1.54, 1.807) is 12.1 Å². The molecule has 12 heavy (non-hydrogen) atoms. The Morgan fingerprint density at radius 2 is 1.83 bits per heavy atom. The summed E-state index contributed by atoms with van der Waals surface area (Å²) in [4.78, 5) is 0. The number of phenols is 1. The van der Waals surface area contributed by atoms with Gasteiger partial charge in [0.05, 0.1) is 0 Å². The van der Waals surface area contributed by atoms with Gasteiger partial charge in [-0.25, -0.2) is 0 Å². The predicted octanol–water partition coefficient (Wildman–Crippen LogP) is 0.342. The second-order valence-electron chi connectivity index (χ2n) is 2.87. The monoisotopic (exact) mass is 229 g/mol. The van der Waals surface area contributed by atoms with Gasteiger partial charge in [-0.05, 0) is 0 Å². The van der Waals surface area contributed by atoms with Gasteiger partial charge < -0.3 is 0 Å². The molecule has 2 nitrogen and oxygen atoms in total. The van der Waals surface area contributed by atoms with E-state index in [4.69, 9.17) is 5.11 Å². The molecule has 0 atom stereocenters. The molecule has 1 aliphatic heterocycles. The molecule has 3 heteroatoms. The van der Waals surface area contributed by atoms with Gasteiger partial charge in [0.15, 0.2) is 0 Å². The Bertz CT molecular complexity index is 256. The Morgan fingerprint density at radius 3 is 2.33 bits per heavy atom. The molecular formula is C9H11NOSe. The summed E-state index contributed by atoms with van der Waals surface area (Å²) in [6.07, 6.45) is 1.35. The molecule has 0 aromatic heterocycles. The van der Waals surface area contributed by atoms with Gasteiger partial charge in [-0.3, -0.25) is 0 Å². The van der Waals surface area contributed by atoms with Crippen molar-refractivity contribution in [3.63, 3.8) is 0 Å². The molecule has 0 unspecified atom stereocenters. The SMILES string of the molecule is Oc1ccc([Se]N2CCC2)cc1. The van der Waals surface area contributed by atoms with Crippen molar-refractivity contribution < 1.29 is 5.11 Å². The van der Waals surface area contributed by atoms with E-state index in [0.717, 1.165) is 0 Å². The van der Waals surface area contributed by atoms with Crippen LogP contribution in [0.3, 0.4) is 0 Å². The minimum atomic E-state index is 0.359. The molecule has 1 N–H and O–H groups in total. The third-order valence-corrected chi connectivity index (χ3v) is 4.21. The van der Waals surface area contributed by atoms with Crippen LogP contribution in [0.4, 0.5) is 0 Å². The Kier molecular flexibility index (Phi) is 2.35. The van der Waals surface area contributed by atoms with E-state index < -0.39 is 0 Å². The number of aromatic hydroxyl groups is 1. The number of benzene rings is 1. The standard InChI is InChI=1S/C9H11NOSe/c11-8-2-4-9(5-3-8)12-10-6-1-7-10/h2-5,11H,1,6-7H2. The summed E-state index contributed by atoms with van der Waals surface area (Å²) < 4.78 is 3.80. The zero-order chi connectivity index (χ0) is 8.39. The molecule has 1 aromatic rings. The number of hydrogen-bond acceptors (Lipinski definition) is 2. The van der Waals surface area contributed by atoms with Gasteiger partial charge in [0.2, 0.25) is 0 Å². The van der Waals surface area contributed by atoms with Crippen LogP contribution < -0.4 is 4.46 Å². The summed E-state index contributed by atoms with van der Waals surface area (Å²) in [6, 6.07) is 7.54. The first-order valence-corrected chi connectivity index (χ1v) is 5.69. The van der Waals surface area contributed by atoms with Crippen molar-refractivity contribution in [3.8, 4) is 5.75 Å². The maximum atomic E-state index is 9.06. The topological polar surface area (TPSA) is 23.5 Å². The van der Waals surface area contributed by atoms with Crippen LogP contribution in [-0.4, -0.2) is 37.3 Å². The van der Waals surface area contributed by atoms with Crippen molar-refractivity contribution in [2.75, 3.05) is 13.1 Å². The molecule has 0 amide bonds. The first-order chi connectivity index (χ1) is 5.84. The minimum absolute atomic E-state index is 0.359. The van der Waals surface area contributed by atoms with E-state index in [-0.39, 0.29) is 0 Å². The summed E-state index contributed by atoms with van der Waals surface area (Å²) in [6.45, 7) is 2.50. The number of nitrogens with zero attached hydrogens (tertiary/aromatic N) is 1. The predicted molar refractivity (Wildman–Crippen MR) is 49.7 cm³/mol. The van der Waals surface area contributed by atoms with Crippen molar-refractivity contribution in [2.24, 2.45) is 0 Å². The summed E-state index contributed by atoms with van der Waals surface area (Å²) in [5.41, 5.74) is 0.